The van der Waals surface area contributed by atoms with E-state index < -0.39 is 0 Å². The molecule has 0 aliphatic rings. The average molecular weight is 257 g/mol. The Kier molecular flexibility index (Phi) is 5.41. The zero-order valence-electron chi connectivity index (χ0n) is 10.00. The summed E-state index contributed by atoms with van der Waals surface area (Å²) in [7, 11) is 1.53. The highest BCUT2D eigenvalue weighted by molar-refractivity contribution is 6.33. The smallest absolute Gasteiger partial charge is 0.227 e. The standard InChI is InChI=1S/C12H17ClN2O2/c1-8-3-4-10(13)11(5-8)15-12(16)6-9(7-14)17-2/h3-5,9H,6-7,14H2,1-2H3,(H,15,16). The number of nitrogens with one attached hydrogen (secondary N) is 1. The summed E-state index contributed by atoms with van der Waals surface area (Å²) >= 11 is 5.97. The second kappa shape index (κ2) is 6.59. The van der Waals surface area contributed by atoms with Gasteiger partial charge in [-0.2, -0.15) is 0 Å². The van der Waals surface area contributed by atoms with Crippen molar-refractivity contribution in [2.75, 3.05) is 19.0 Å². The van der Waals surface area contributed by atoms with Crippen LogP contribution in [-0.4, -0.2) is 25.7 Å². The highest BCUT2D eigenvalue weighted by Gasteiger charge is 2.12. The molecule has 0 saturated carbocycles. The number of ether oxygens (including phenoxy) is 1. The lowest BCUT2D eigenvalue weighted by molar-refractivity contribution is -0.118. The molecule has 5 heteroatoms. The molecule has 17 heavy (non-hydrogen) atoms. The van der Waals surface area contributed by atoms with Gasteiger partial charge in [0.15, 0.2) is 0 Å². The van der Waals surface area contributed by atoms with Gasteiger partial charge in [-0.15, -0.1) is 0 Å². The number of carbonyl (C=O) groups is 1. The molecular formula is C12H17ClN2O2. The molecule has 1 aromatic carbocycles. The van der Waals surface area contributed by atoms with Crippen molar-refractivity contribution in [1.82, 2.24) is 0 Å². The van der Waals surface area contributed by atoms with Gasteiger partial charge in [0.25, 0.3) is 0 Å². The zero-order valence-corrected chi connectivity index (χ0v) is 10.8. The van der Waals surface area contributed by atoms with Gasteiger partial charge in [-0.3, -0.25) is 4.79 Å². The largest absolute Gasteiger partial charge is 0.380 e. The Hall–Kier alpha value is -1.10. The van der Waals surface area contributed by atoms with Crippen LogP contribution in [0.15, 0.2) is 18.2 Å². The van der Waals surface area contributed by atoms with Crippen LogP contribution < -0.4 is 11.1 Å². The molecule has 1 rings (SSSR count). The van der Waals surface area contributed by atoms with Crippen LogP contribution in [0.4, 0.5) is 5.69 Å². The maximum Gasteiger partial charge on any atom is 0.227 e. The maximum absolute atomic E-state index is 11.7. The Bertz CT molecular complexity index is 392. The summed E-state index contributed by atoms with van der Waals surface area (Å²) in [4.78, 5) is 11.7. The molecular weight excluding hydrogens is 240 g/mol. The molecule has 0 radical (unpaired) electrons. The van der Waals surface area contributed by atoms with E-state index in [1.807, 2.05) is 19.1 Å². The SMILES string of the molecule is COC(CN)CC(=O)Nc1cc(C)ccc1Cl. The van der Waals surface area contributed by atoms with Crippen molar-refractivity contribution in [3.8, 4) is 0 Å². The minimum Gasteiger partial charge on any atom is -0.380 e. The number of hydrogen-bond donors (Lipinski definition) is 2. The topological polar surface area (TPSA) is 64.3 Å². The predicted molar refractivity (Wildman–Crippen MR) is 69.3 cm³/mol. The number of rotatable bonds is 5. The van der Waals surface area contributed by atoms with Crippen LogP contribution in [0.3, 0.4) is 0 Å². The fraction of sp³-hybridized carbons (Fsp3) is 0.417. The molecule has 0 aromatic heterocycles. The lowest BCUT2D eigenvalue weighted by atomic mass is 10.2. The van der Waals surface area contributed by atoms with E-state index in [0.717, 1.165) is 5.56 Å². The normalized spacial score (nSPS) is 12.2. The van der Waals surface area contributed by atoms with Crippen LogP contribution in [0.5, 0.6) is 0 Å². The maximum atomic E-state index is 11.7. The predicted octanol–water partition coefficient (Wildman–Crippen LogP) is 1.95. The monoisotopic (exact) mass is 256 g/mol. The fourth-order valence-corrected chi connectivity index (χ4v) is 1.57. The molecule has 0 bridgehead atoms. The van der Waals surface area contributed by atoms with Gasteiger partial charge < -0.3 is 15.8 Å². The Morgan fingerprint density at radius 1 is 1.59 bits per heavy atom. The van der Waals surface area contributed by atoms with Crippen molar-refractivity contribution in [3.05, 3.63) is 28.8 Å². The first-order valence-electron chi connectivity index (χ1n) is 5.35. The van der Waals surface area contributed by atoms with E-state index in [1.165, 1.54) is 7.11 Å². The van der Waals surface area contributed by atoms with Gasteiger partial charge in [-0.1, -0.05) is 17.7 Å². The summed E-state index contributed by atoms with van der Waals surface area (Å²) in [5.74, 6) is -0.158. The van der Waals surface area contributed by atoms with Gasteiger partial charge in [0, 0.05) is 13.7 Å². The quantitative estimate of drug-likeness (QED) is 0.846. The molecule has 4 nitrogen and oxygen atoms in total. The van der Waals surface area contributed by atoms with Gasteiger partial charge in [-0.05, 0) is 24.6 Å². The minimum atomic E-state index is -0.265. The van der Waals surface area contributed by atoms with E-state index in [9.17, 15) is 4.79 Å². The van der Waals surface area contributed by atoms with E-state index in [4.69, 9.17) is 22.1 Å². The lowest BCUT2D eigenvalue weighted by Crippen LogP contribution is -2.28. The van der Waals surface area contributed by atoms with Crippen LogP contribution in [0.25, 0.3) is 0 Å². The van der Waals surface area contributed by atoms with E-state index >= 15 is 0 Å². The summed E-state index contributed by atoms with van der Waals surface area (Å²) in [5.41, 5.74) is 7.10. The summed E-state index contributed by atoms with van der Waals surface area (Å²) in [6.07, 6.45) is -0.0457. The third-order valence-corrected chi connectivity index (χ3v) is 2.73. The number of benzene rings is 1. The first kappa shape index (κ1) is 14.0. The highest BCUT2D eigenvalue weighted by atomic mass is 35.5. The average Bonchev–Trinajstić information content (AvgIpc) is 2.31. The third kappa shape index (κ3) is 4.34. The second-order valence-electron chi connectivity index (χ2n) is 3.83. The van der Waals surface area contributed by atoms with Gasteiger partial charge >= 0.3 is 0 Å². The van der Waals surface area contributed by atoms with E-state index in [0.29, 0.717) is 17.3 Å². The number of anilines is 1. The molecule has 0 spiro atoms. The van der Waals surface area contributed by atoms with Crippen molar-refractivity contribution >= 4 is 23.2 Å². The molecule has 1 unspecified atom stereocenters. The highest BCUT2D eigenvalue weighted by Crippen LogP contribution is 2.22. The van der Waals surface area contributed by atoms with E-state index in [-0.39, 0.29) is 18.4 Å². The summed E-state index contributed by atoms with van der Waals surface area (Å²) in [6, 6.07) is 5.46. The number of methoxy groups -OCH3 is 1. The Morgan fingerprint density at radius 2 is 2.29 bits per heavy atom. The van der Waals surface area contributed by atoms with Gasteiger partial charge in [0.05, 0.1) is 23.2 Å². The van der Waals surface area contributed by atoms with Crippen molar-refractivity contribution in [2.24, 2.45) is 5.73 Å². The molecule has 3 N–H and O–H groups in total. The van der Waals surface area contributed by atoms with Gasteiger partial charge in [-0.25, -0.2) is 0 Å². The summed E-state index contributed by atoms with van der Waals surface area (Å²) in [5, 5.41) is 3.26. The minimum absolute atomic E-state index is 0.158. The number of amides is 1. The number of hydrogen-bond acceptors (Lipinski definition) is 3. The van der Waals surface area contributed by atoms with Gasteiger partial charge in [0.2, 0.25) is 5.91 Å². The van der Waals surface area contributed by atoms with Crippen molar-refractivity contribution in [2.45, 2.75) is 19.4 Å². The van der Waals surface area contributed by atoms with E-state index in [2.05, 4.69) is 5.32 Å². The third-order valence-electron chi connectivity index (χ3n) is 2.41. The fourth-order valence-electron chi connectivity index (χ4n) is 1.41. The molecule has 0 aliphatic heterocycles. The zero-order chi connectivity index (χ0) is 12.8. The van der Waals surface area contributed by atoms with Crippen molar-refractivity contribution in [1.29, 1.82) is 0 Å². The molecule has 0 fully saturated rings. The lowest BCUT2D eigenvalue weighted by Gasteiger charge is -2.13. The molecule has 1 atom stereocenters. The molecule has 0 heterocycles. The van der Waals surface area contributed by atoms with E-state index in [1.54, 1.807) is 6.07 Å². The first-order valence-corrected chi connectivity index (χ1v) is 5.73. The Labute approximate surface area is 106 Å². The first-order chi connectivity index (χ1) is 8.06. The van der Waals surface area contributed by atoms with Crippen molar-refractivity contribution in [3.63, 3.8) is 0 Å². The molecule has 94 valence electrons. The molecule has 0 aliphatic carbocycles. The van der Waals surface area contributed by atoms with Gasteiger partial charge in [0.1, 0.15) is 0 Å². The molecule has 1 aromatic rings. The van der Waals surface area contributed by atoms with Crippen LogP contribution in [0.2, 0.25) is 5.02 Å². The summed E-state index contributed by atoms with van der Waals surface area (Å²) < 4.78 is 5.04. The molecule has 1 amide bonds. The molecule has 0 saturated heterocycles. The summed E-state index contributed by atoms with van der Waals surface area (Å²) in [6.45, 7) is 2.25. The number of halogens is 1. The Balaban J connectivity index is 2.64. The number of nitrogens with two attached hydrogens (primary N) is 1. The number of carbonyl (C=O) groups excluding carboxylic acids is 1. The van der Waals surface area contributed by atoms with Crippen LogP contribution in [-0.2, 0) is 9.53 Å². The van der Waals surface area contributed by atoms with Crippen LogP contribution in [0, 0.1) is 6.92 Å². The number of aryl methyl sites for hydroxylation is 1. The van der Waals surface area contributed by atoms with Crippen molar-refractivity contribution < 1.29 is 9.53 Å². The Morgan fingerprint density at radius 3 is 2.88 bits per heavy atom. The second-order valence-corrected chi connectivity index (χ2v) is 4.24. The van der Waals surface area contributed by atoms with Crippen LogP contribution >= 0.6 is 11.6 Å². The van der Waals surface area contributed by atoms with Crippen LogP contribution in [0.1, 0.15) is 12.0 Å².